The maximum Gasteiger partial charge on any atom is 0.410 e. The second kappa shape index (κ2) is 10.3. The molecule has 2 aliphatic rings. The molecule has 0 radical (unpaired) electrons. The number of piperidine rings is 1. The molecule has 2 N–H and O–H groups in total. The Morgan fingerprint density at radius 2 is 1.85 bits per heavy atom. The summed E-state index contributed by atoms with van der Waals surface area (Å²) >= 11 is 0. The lowest BCUT2D eigenvalue weighted by atomic mass is 9.85. The number of amides is 1. The van der Waals surface area contributed by atoms with Gasteiger partial charge in [0.05, 0.1) is 29.8 Å². The Balaban J connectivity index is 1.34. The highest BCUT2D eigenvalue weighted by Gasteiger charge is 2.45. The molecule has 40 heavy (non-hydrogen) atoms. The number of Topliss-reactive ketones (excluding diaryl/α,β-unsaturated/α-hetero) is 1. The van der Waals surface area contributed by atoms with E-state index in [0.29, 0.717) is 36.4 Å². The Morgan fingerprint density at radius 1 is 1.07 bits per heavy atom. The molecule has 1 amide bonds. The van der Waals surface area contributed by atoms with Crippen LogP contribution in [0.4, 0.5) is 10.6 Å². The molecule has 4 aromatic heterocycles. The lowest BCUT2D eigenvalue weighted by molar-refractivity contribution is 0.0467. The fourth-order valence-corrected chi connectivity index (χ4v) is 6.13. The van der Waals surface area contributed by atoms with Crippen LogP contribution in [0.15, 0.2) is 36.8 Å². The molecule has 208 valence electrons. The third kappa shape index (κ3) is 4.47. The van der Waals surface area contributed by atoms with Crippen molar-refractivity contribution in [3.8, 4) is 22.5 Å². The van der Waals surface area contributed by atoms with Gasteiger partial charge in [-0.2, -0.15) is 14.7 Å². The molecule has 2 atom stereocenters. The first-order valence-electron chi connectivity index (χ1n) is 13.4. The van der Waals surface area contributed by atoms with Gasteiger partial charge in [-0.15, -0.1) is 0 Å². The molecule has 0 unspecified atom stereocenters. The lowest BCUT2D eigenvalue weighted by Gasteiger charge is -2.38. The number of anilines is 1. The Kier molecular flexibility index (Phi) is 6.70. The summed E-state index contributed by atoms with van der Waals surface area (Å²) in [6.07, 6.45) is 8.18. The van der Waals surface area contributed by atoms with Crippen LogP contribution < -0.4 is 5.73 Å². The summed E-state index contributed by atoms with van der Waals surface area (Å²) < 4.78 is 13.7. The van der Waals surface area contributed by atoms with Crippen molar-refractivity contribution in [3.05, 3.63) is 48.0 Å². The van der Waals surface area contributed by atoms with Gasteiger partial charge in [0.1, 0.15) is 18.1 Å². The van der Waals surface area contributed by atoms with E-state index >= 15 is 0 Å². The molecule has 2 aliphatic heterocycles. The number of ketones is 1. The van der Waals surface area contributed by atoms with Crippen molar-refractivity contribution in [1.82, 2.24) is 34.3 Å². The highest BCUT2D eigenvalue weighted by Crippen LogP contribution is 2.44. The second-order valence-electron chi connectivity index (χ2n) is 10.5. The smallest absolute Gasteiger partial charge is 0.410 e. The predicted octanol–water partition coefficient (Wildman–Crippen LogP) is 3.47. The van der Waals surface area contributed by atoms with Gasteiger partial charge in [-0.1, -0.05) is 6.07 Å². The zero-order valence-electron chi connectivity index (χ0n) is 22.8. The normalized spacial score (nSPS) is 20.3. The summed E-state index contributed by atoms with van der Waals surface area (Å²) in [6.45, 7) is 2.09. The van der Waals surface area contributed by atoms with Crippen LogP contribution in [-0.4, -0.2) is 78.5 Å². The number of carbonyl (C=O) groups excluding carboxylic acids is 2. The number of ether oxygens (including phenoxy) is 2. The molecule has 6 rings (SSSR count). The number of methoxy groups -OCH3 is 1. The fraction of sp³-hybridized carbons (Fsp3) is 0.429. The van der Waals surface area contributed by atoms with Crippen molar-refractivity contribution < 1.29 is 19.1 Å². The Bertz CT molecular complexity index is 1560. The molecule has 0 aromatic carbocycles. The van der Waals surface area contributed by atoms with Gasteiger partial charge in [0, 0.05) is 55.7 Å². The number of nitrogens with zero attached hydrogens (tertiary/aromatic N) is 7. The van der Waals surface area contributed by atoms with Gasteiger partial charge in [-0.25, -0.2) is 9.78 Å². The van der Waals surface area contributed by atoms with E-state index in [4.69, 9.17) is 20.2 Å². The zero-order chi connectivity index (χ0) is 28.0. The number of nitrogens with two attached hydrogens (primary N) is 1. The Labute approximate surface area is 231 Å². The monoisotopic (exact) mass is 544 g/mol. The molecule has 0 saturated carbocycles. The van der Waals surface area contributed by atoms with Crippen molar-refractivity contribution >= 4 is 23.3 Å². The Morgan fingerprint density at radius 3 is 2.48 bits per heavy atom. The number of nitrogen functional groups attached to an aromatic ring is 1. The summed E-state index contributed by atoms with van der Waals surface area (Å²) in [5.41, 5.74) is 11.3. The number of fused-ring (bicyclic) bond motifs is 3. The van der Waals surface area contributed by atoms with E-state index in [0.717, 1.165) is 35.4 Å². The molecule has 6 heterocycles. The minimum Gasteiger partial charge on any atom is -0.447 e. The average Bonchev–Trinajstić information content (AvgIpc) is 3.64. The summed E-state index contributed by atoms with van der Waals surface area (Å²) in [5.74, 6) is 0.0822. The minimum absolute atomic E-state index is 0.0191. The highest BCUT2D eigenvalue weighted by molar-refractivity contribution is 6.00. The third-order valence-corrected chi connectivity index (χ3v) is 7.96. The van der Waals surface area contributed by atoms with Gasteiger partial charge in [0.2, 0.25) is 0 Å². The topological polar surface area (TPSA) is 143 Å². The van der Waals surface area contributed by atoms with Gasteiger partial charge >= 0.3 is 6.09 Å². The van der Waals surface area contributed by atoms with E-state index in [1.165, 1.54) is 11.4 Å². The number of hydrogen-bond acceptors (Lipinski definition) is 9. The molecular formula is C28H32N8O4. The number of aromatic nitrogens is 6. The maximum atomic E-state index is 12.8. The number of rotatable bonds is 7. The first-order valence-corrected chi connectivity index (χ1v) is 13.4. The van der Waals surface area contributed by atoms with Crippen LogP contribution in [-0.2, 0) is 16.5 Å². The predicted molar refractivity (Wildman–Crippen MR) is 147 cm³/mol. The number of aryl methyl sites for hydroxylation is 1. The molecule has 2 saturated heterocycles. The largest absolute Gasteiger partial charge is 0.447 e. The molecule has 0 aliphatic carbocycles. The first-order chi connectivity index (χ1) is 19.4. The second-order valence-corrected chi connectivity index (χ2v) is 10.5. The molecule has 12 nitrogen and oxygen atoms in total. The average molecular weight is 545 g/mol. The molecule has 12 heteroatoms. The van der Waals surface area contributed by atoms with Crippen LogP contribution in [0.2, 0.25) is 0 Å². The van der Waals surface area contributed by atoms with E-state index < -0.39 is 0 Å². The van der Waals surface area contributed by atoms with Gasteiger partial charge in [0.25, 0.3) is 0 Å². The van der Waals surface area contributed by atoms with Crippen LogP contribution in [0.5, 0.6) is 0 Å². The Hall–Kier alpha value is -4.32. The van der Waals surface area contributed by atoms with Gasteiger partial charge in [-0.3, -0.25) is 14.5 Å². The van der Waals surface area contributed by atoms with Gasteiger partial charge < -0.3 is 20.1 Å². The molecule has 0 spiro atoms. The van der Waals surface area contributed by atoms with Crippen molar-refractivity contribution in [1.29, 1.82) is 0 Å². The third-order valence-electron chi connectivity index (χ3n) is 7.96. The van der Waals surface area contributed by atoms with Crippen LogP contribution in [0.1, 0.15) is 54.6 Å². The standard InChI is InChI=1S/C28H32N8O4/c1-16(37)24-25(18-12-19-5-6-20(13-18)35(19)28(38)40-11-10-39-3)32-27-21(15-31-36(27)26(24)29)17-4-7-22(30-14-17)23-8-9-34(2)33-23/h4,7-9,14-15,18-20H,5-6,10-13,29H2,1-3H3/t19-,20-/m1/s1. The quantitative estimate of drug-likeness (QED) is 0.273. The highest BCUT2D eigenvalue weighted by atomic mass is 16.6. The van der Waals surface area contributed by atoms with Crippen LogP contribution in [0.25, 0.3) is 28.2 Å². The van der Waals surface area contributed by atoms with Crippen molar-refractivity contribution in [2.24, 2.45) is 7.05 Å². The number of carbonyl (C=O) groups is 2. The molecule has 2 bridgehead atoms. The molecule has 4 aromatic rings. The van der Waals surface area contributed by atoms with E-state index in [1.807, 2.05) is 36.3 Å². The summed E-state index contributed by atoms with van der Waals surface area (Å²) in [6, 6.07) is 5.82. The molecular weight excluding hydrogens is 512 g/mol. The minimum atomic E-state index is -0.308. The van der Waals surface area contributed by atoms with Crippen LogP contribution in [0.3, 0.4) is 0 Å². The maximum absolute atomic E-state index is 12.8. The lowest BCUT2D eigenvalue weighted by Crippen LogP contribution is -2.46. The van der Waals surface area contributed by atoms with Crippen molar-refractivity contribution in [3.63, 3.8) is 0 Å². The van der Waals surface area contributed by atoms with E-state index in [1.54, 1.807) is 24.2 Å². The number of pyridine rings is 1. The summed E-state index contributed by atoms with van der Waals surface area (Å²) in [5, 5.41) is 8.89. The zero-order valence-corrected chi connectivity index (χ0v) is 22.8. The van der Waals surface area contributed by atoms with Gasteiger partial charge in [-0.05, 0) is 44.7 Å². The molecule has 2 fully saturated rings. The van der Waals surface area contributed by atoms with Crippen molar-refractivity contribution in [2.45, 2.75) is 50.6 Å². The van der Waals surface area contributed by atoms with Crippen molar-refractivity contribution in [2.75, 3.05) is 26.1 Å². The summed E-state index contributed by atoms with van der Waals surface area (Å²) in [4.78, 5) is 37.1. The first kappa shape index (κ1) is 25.9. The van der Waals surface area contributed by atoms with Crippen LogP contribution >= 0.6 is 0 Å². The van der Waals surface area contributed by atoms with E-state index in [2.05, 4.69) is 15.2 Å². The van der Waals surface area contributed by atoms with E-state index in [-0.39, 0.29) is 42.3 Å². The summed E-state index contributed by atoms with van der Waals surface area (Å²) in [7, 11) is 3.44. The van der Waals surface area contributed by atoms with Crippen LogP contribution in [0, 0.1) is 0 Å². The number of hydrogen-bond donors (Lipinski definition) is 1. The van der Waals surface area contributed by atoms with E-state index in [9.17, 15) is 9.59 Å². The SMILES string of the molecule is COCCOC(=O)N1[C@@H]2CC[C@@H]1CC(c1nc3c(-c4ccc(-c5ccn(C)n5)nc4)cnn3c(N)c1C(C)=O)C2. The fourth-order valence-electron chi connectivity index (χ4n) is 6.13. The van der Waals surface area contributed by atoms with Gasteiger partial charge in [0.15, 0.2) is 11.4 Å².